The van der Waals surface area contributed by atoms with Crippen molar-refractivity contribution in [1.82, 2.24) is 10.2 Å². The van der Waals surface area contributed by atoms with Crippen molar-refractivity contribution in [3.63, 3.8) is 0 Å². The summed E-state index contributed by atoms with van der Waals surface area (Å²) in [6, 6.07) is 0.219. The van der Waals surface area contributed by atoms with Crippen molar-refractivity contribution in [2.24, 2.45) is 0 Å². The van der Waals surface area contributed by atoms with Crippen LogP contribution in [0.4, 0.5) is 4.79 Å². The van der Waals surface area contributed by atoms with Crippen LogP contribution in [-0.4, -0.2) is 64.2 Å². The Morgan fingerprint density at radius 3 is 2.41 bits per heavy atom. The number of aliphatic hydroxyl groups excluding tert-OH is 2. The molecule has 1 fully saturated rings. The van der Waals surface area contributed by atoms with Crippen LogP contribution < -0.4 is 5.32 Å². The Morgan fingerprint density at radius 1 is 1.32 bits per heavy atom. The van der Waals surface area contributed by atoms with E-state index in [0.29, 0.717) is 0 Å². The smallest absolute Gasteiger partial charge is 0.410 e. The van der Waals surface area contributed by atoms with E-state index in [1.165, 1.54) is 0 Å². The van der Waals surface area contributed by atoms with Crippen molar-refractivity contribution in [2.75, 3.05) is 19.8 Å². The third-order valence-corrected chi connectivity index (χ3v) is 3.92. The second-order valence-electron chi connectivity index (χ2n) is 7.63. The molecule has 0 radical (unpaired) electrons. The molecule has 22 heavy (non-hydrogen) atoms. The van der Waals surface area contributed by atoms with Gasteiger partial charge in [0.2, 0.25) is 0 Å². The molecule has 0 bridgehead atoms. The van der Waals surface area contributed by atoms with Crippen LogP contribution in [0.2, 0.25) is 0 Å². The van der Waals surface area contributed by atoms with Crippen LogP contribution in [0.1, 0.15) is 53.9 Å². The fourth-order valence-corrected chi connectivity index (χ4v) is 2.84. The molecule has 1 saturated heterocycles. The van der Waals surface area contributed by atoms with E-state index in [9.17, 15) is 15.0 Å². The zero-order valence-corrected chi connectivity index (χ0v) is 14.6. The number of carbonyl (C=O) groups is 1. The number of ether oxygens (including phenoxy) is 1. The number of likely N-dealkylation sites (tertiary alicyclic amines) is 1. The highest BCUT2D eigenvalue weighted by atomic mass is 16.6. The Morgan fingerprint density at radius 2 is 1.91 bits per heavy atom. The fourth-order valence-electron chi connectivity index (χ4n) is 2.84. The number of rotatable bonds is 6. The molecule has 1 heterocycles. The summed E-state index contributed by atoms with van der Waals surface area (Å²) in [4.78, 5) is 14.1. The van der Waals surface area contributed by atoms with Gasteiger partial charge in [-0.3, -0.25) is 0 Å². The molecule has 2 atom stereocenters. The highest BCUT2D eigenvalue weighted by Crippen LogP contribution is 2.24. The van der Waals surface area contributed by atoms with Crippen molar-refractivity contribution >= 4 is 6.09 Å². The molecule has 0 aliphatic carbocycles. The Labute approximate surface area is 133 Å². The van der Waals surface area contributed by atoms with Crippen LogP contribution in [0, 0.1) is 0 Å². The molecule has 1 amide bonds. The van der Waals surface area contributed by atoms with Gasteiger partial charge in [0.25, 0.3) is 0 Å². The summed E-state index contributed by atoms with van der Waals surface area (Å²) in [5.74, 6) is 0. The van der Waals surface area contributed by atoms with E-state index in [2.05, 4.69) is 5.32 Å². The van der Waals surface area contributed by atoms with Gasteiger partial charge in [-0.05, 0) is 53.9 Å². The maximum Gasteiger partial charge on any atom is 0.410 e. The lowest BCUT2D eigenvalue weighted by atomic mass is 10.00. The van der Waals surface area contributed by atoms with Crippen LogP contribution in [-0.2, 0) is 4.74 Å². The quantitative estimate of drug-likeness (QED) is 0.692. The van der Waals surface area contributed by atoms with Gasteiger partial charge < -0.3 is 25.2 Å². The average Bonchev–Trinajstić information content (AvgIpc) is 2.84. The lowest BCUT2D eigenvalue weighted by Crippen LogP contribution is -2.54. The zero-order valence-electron chi connectivity index (χ0n) is 14.6. The van der Waals surface area contributed by atoms with Gasteiger partial charge in [0.15, 0.2) is 0 Å². The zero-order chi connectivity index (χ0) is 17.0. The first kappa shape index (κ1) is 19.2. The van der Waals surface area contributed by atoms with Crippen LogP contribution in [0.15, 0.2) is 0 Å². The van der Waals surface area contributed by atoms with Crippen LogP contribution >= 0.6 is 0 Å². The van der Waals surface area contributed by atoms with E-state index in [1.807, 2.05) is 27.7 Å². The molecule has 0 aromatic rings. The lowest BCUT2D eigenvalue weighted by Gasteiger charge is -2.34. The molecule has 1 aliphatic heterocycles. The molecular weight excluding hydrogens is 284 g/mol. The molecule has 130 valence electrons. The maximum atomic E-state index is 12.3. The number of hydrogen-bond donors (Lipinski definition) is 3. The van der Waals surface area contributed by atoms with Gasteiger partial charge in [0.05, 0.1) is 18.8 Å². The summed E-state index contributed by atoms with van der Waals surface area (Å²) < 4.78 is 5.46. The van der Waals surface area contributed by atoms with Gasteiger partial charge in [-0.15, -0.1) is 0 Å². The molecule has 6 nitrogen and oxygen atoms in total. The Kier molecular flexibility index (Phi) is 6.65. The summed E-state index contributed by atoms with van der Waals surface area (Å²) in [7, 11) is 0. The summed E-state index contributed by atoms with van der Waals surface area (Å²) in [5, 5.41) is 22.0. The molecule has 1 rings (SSSR count). The third-order valence-electron chi connectivity index (χ3n) is 3.92. The minimum atomic E-state index is -0.700. The number of hydrogen-bond acceptors (Lipinski definition) is 5. The number of nitrogens with zero attached hydrogens (tertiary/aromatic N) is 1. The lowest BCUT2D eigenvalue weighted by molar-refractivity contribution is 0.0206. The first-order chi connectivity index (χ1) is 10.1. The summed E-state index contributed by atoms with van der Waals surface area (Å²) in [6.45, 7) is 9.86. The van der Waals surface area contributed by atoms with E-state index in [-0.39, 0.29) is 31.4 Å². The minimum Gasteiger partial charge on any atom is -0.444 e. The minimum absolute atomic E-state index is 0.0809. The van der Waals surface area contributed by atoms with E-state index in [0.717, 1.165) is 25.8 Å². The van der Waals surface area contributed by atoms with Crippen LogP contribution in [0.5, 0.6) is 0 Å². The maximum absolute atomic E-state index is 12.3. The molecule has 0 saturated carbocycles. The van der Waals surface area contributed by atoms with Crippen molar-refractivity contribution in [3.05, 3.63) is 0 Å². The molecule has 0 aromatic heterocycles. The second-order valence-corrected chi connectivity index (χ2v) is 7.63. The standard InChI is InChI=1S/C16H32N2O4/c1-12(17-16(5,10-19)11-20)9-13-7-6-8-18(13)14(21)22-15(2,3)4/h12-13,17,19-20H,6-11H2,1-5H3. The van der Waals surface area contributed by atoms with E-state index >= 15 is 0 Å². The number of aliphatic hydroxyl groups is 2. The Balaban J connectivity index is 2.58. The first-order valence-electron chi connectivity index (χ1n) is 8.09. The largest absolute Gasteiger partial charge is 0.444 e. The Bertz CT molecular complexity index is 364. The average molecular weight is 316 g/mol. The van der Waals surface area contributed by atoms with E-state index in [4.69, 9.17) is 4.74 Å². The van der Waals surface area contributed by atoms with Gasteiger partial charge >= 0.3 is 6.09 Å². The summed E-state index contributed by atoms with van der Waals surface area (Å²) in [6.07, 6.45) is 2.46. The first-order valence-corrected chi connectivity index (χ1v) is 8.09. The fraction of sp³-hybridized carbons (Fsp3) is 0.938. The van der Waals surface area contributed by atoms with E-state index < -0.39 is 11.1 Å². The Hall–Kier alpha value is -0.850. The van der Waals surface area contributed by atoms with Crippen molar-refractivity contribution in [1.29, 1.82) is 0 Å². The SMILES string of the molecule is CC(CC1CCCN1C(=O)OC(C)(C)C)NC(C)(CO)CO. The molecule has 1 aliphatic rings. The molecular formula is C16H32N2O4. The normalized spacial score (nSPS) is 21.0. The highest BCUT2D eigenvalue weighted by Gasteiger charge is 2.34. The van der Waals surface area contributed by atoms with Gasteiger partial charge in [-0.25, -0.2) is 4.79 Å². The third kappa shape index (κ3) is 5.74. The van der Waals surface area contributed by atoms with Gasteiger partial charge in [-0.1, -0.05) is 0 Å². The number of carbonyl (C=O) groups excluding carboxylic acids is 1. The number of amides is 1. The molecule has 6 heteroatoms. The van der Waals surface area contributed by atoms with Gasteiger partial charge in [0.1, 0.15) is 5.60 Å². The molecule has 0 spiro atoms. The van der Waals surface area contributed by atoms with Gasteiger partial charge in [-0.2, -0.15) is 0 Å². The number of nitrogens with one attached hydrogen (secondary N) is 1. The molecule has 3 N–H and O–H groups in total. The predicted octanol–water partition coefficient (Wildman–Crippen LogP) is 1.50. The summed E-state index contributed by atoms with van der Waals surface area (Å²) >= 11 is 0. The summed E-state index contributed by atoms with van der Waals surface area (Å²) in [5.41, 5.74) is -1.19. The monoisotopic (exact) mass is 316 g/mol. The van der Waals surface area contributed by atoms with E-state index in [1.54, 1.807) is 11.8 Å². The molecule has 0 aromatic carbocycles. The van der Waals surface area contributed by atoms with Crippen molar-refractivity contribution in [2.45, 2.75) is 77.1 Å². The van der Waals surface area contributed by atoms with Crippen molar-refractivity contribution in [3.8, 4) is 0 Å². The van der Waals surface area contributed by atoms with Gasteiger partial charge in [0, 0.05) is 18.6 Å². The second kappa shape index (κ2) is 7.62. The molecule has 2 unspecified atom stereocenters. The predicted molar refractivity (Wildman–Crippen MR) is 85.8 cm³/mol. The van der Waals surface area contributed by atoms with Crippen LogP contribution in [0.3, 0.4) is 0 Å². The topological polar surface area (TPSA) is 82.0 Å². The van der Waals surface area contributed by atoms with Crippen LogP contribution in [0.25, 0.3) is 0 Å². The van der Waals surface area contributed by atoms with Crippen molar-refractivity contribution < 1.29 is 19.7 Å². The highest BCUT2D eigenvalue weighted by molar-refractivity contribution is 5.68.